The summed E-state index contributed by atoms with van der Waals surface area (Å²) in [6, 6.07) is 0. The normalized spacial score (nSPS) is 14.7. The average Bonchev–Trinajstić information content (AvgIpc) is 1.62. The van der Waals surface area contributed by atoms with Gasteiger partial charge in [-0.05, 0) is 27.8 Å². The lowest BCUT2D eigenvalue weighted by Crippen LogP contribution is -3.00. The molecular weight excluding hydrogens is 148 g/mol. The highest BCUT2D eigenvalue weighted by Crippen LogP contribution is 2.10. The zero-order valence-electron chi connectivity index (χ0n) is 7.61. The van der Waals surface area contributed by atoms with Crippen molar-refractivity contribution >= 4 is 0 Å². The van der Waals surface area contributed by atoms with Crippen LogP contribution in [0.2, 0.25) is 0 Å². The molecule has 0 spiro atoms. The predicted molar refractivity (Wildman–Crippen MR) is 39.9 cm³/mol. The van der Waals surface area contributed by atoms with Crippen LogP contribution in [0.1, 0.15) is 27.7 Å². The minimum absolute atomic E-state index is 0. The summed E-state index contributed by atoms with van der Waals surface area (Å²) in [6.45, 7) is 8.67. The summed E-state index contributed by atoms with van der Waals surface area (Å²) >= 11 is 0. The molecular formula is C7H19ClN2. The van der Waals surface area contributed by atoms with Crippen LogP contribution in [0.3, 0.4) is 0 Å². The molecule has 1 unspecified atom stereocenters. The van der Waals surface area contributed by atoms with Crippen LogP contribution < -0.4 is 18.1 Å². The topological polar surface area (TPSA) is 30.9 Å². The molecule has 64 valence electrons. The summed E-state index contributed by atoms with van der Waals surface area (Å²) in [4.78, 5) is 2.24. The van der Waals surface area contributed by atoms with Crippen LogP contribution in [-0.4, -0.2) is 23.7 Å². The van der Waals surface area contributed by atoms with Crippen molar-refractivity contribution in [1.82, 2.24) is 4.90 Å². The minimum atomic E-state index is 0. The second-order valence-electron chi connectivity index (χ2n) is 3.63. The van der Waals surface area contributed by atoms with Crippen LogP contribution in [0.4, 0.5) is 0 Å². The fourth-order valence-corrected chi connectivity index (χ4v) is 0.661. The zero-order valence-corrected chi connectivity index (χ0v) is 8.37. The molecule has 10 heavy (non-hydrogen) atoms. The van der Waals surface area contributed by atoms with Gasteiger partial charge in [0.15, 0.2) is 0 Å². The number of hydrogen-bond donors (Lipinski definition) is 1. The fourth-order valence-electron chi connectivity index (χ4n) is 0.661. The monoisotopic (exact) mass is 166 g/mol. The molecule has 0 radical (unpaired) electrons. The van der Waals surface area contributed by atoms with Crippen molar-refractivity contribution in [3.8, 4) is 0 Å². The zero-order chi connectivity index (χ0) is 7.65. The van der Waals surface area contributed by atoms with Crippen molar-refractivity contribution in [2.24, 2.45) is 0 Å². The van der Waals surface area contributed by atoms with Crippen molar-refractivity contribution in [3.63, 3.8) is 0 Å². The molecule has 0 aliphatic carbocycles. The molecule has 0 amide bonds. The van der Waals surface area contributed by atoms with Gasteiger partial charge in [-0.25, -0.2) is 0 Å². The third-order valence-electron chi connectivity index (χ3n) is 1.72. The minimum Gasteiger partial charge on any atom is -1.00 e. The molecule has 0 bridgehead atoms. The summed E-state index contributed by atoms with van der Waals surface area (Å²) in [5.74, 6) is 0. The Morgan fingerprint density at radius 2 is 1.60 bits per heavy atom. The van der Waals surface area contributed by atoms with Crippen molar-refractivity contribution in [2.75, 3.05) is 7.05 Å². The quantitative estimate of drug-likeness (QED) is 0.423. The Balaban J connectivity index is 0. The smallest absolute Gasteiger partial charge is 0.137 e. The van der Waals surface area contributed by atoms with Crippen molar-refractivity contribution in [3.05, 3.63) is 0 Å². The van der Waals surface area contributed by atoms with E-state index in [-0.39, 0.29) is 17.9 Å². The number of rotatable bonds is 1. The lowest BCUT2D eigenvalue weighted by molar-refractivity contribution is -0.455. The molecule has 3 heteroatoms. The van der Waals surface area contributed by atoms with Gasteiger partial charge in [0, 0.05) is 12.5 Å². The van der Waals surface area contributed by atoms with Gasteiger partial charge in [-0.2, -0.15) is 0 Å². The third-order valence-corrected chi connectivity index (χ3v) is 1.72. The van der Waals surface area contributed by atoms with E-state index in [9.17, 15) is 0 Å². The van der Waals surface area contributed by atoms with Gasteiger partial charge in [0.05, 0.1) is 0 Å². The van der Waals surface area contributed by atoms with E-state index in [4.69, 9.17) is 0 Å². The standard InChI is InChI=1S/C7H18N2.ClH/c1-6(8)9(5)7(2,3)4;/h6H,8H2,1-5H3;1H. The Labute approximate surface area is 70.2 Å². The van der Waals surface area contributed by atoms with E-state index >= 15 is 0 Å². The lowest BCUT2D eigenvalue weighted by Gasteiger charge is -2.32. The van der Waals surface area contributed by atoms with E-state index in [1.54, 1.807) is 0 Å². The molecule has 0 saturated carbocycles. The number of quaternary nitrogens is 1. The highest BCUT2D eigenvalue weighted by Gasteiger charge is 2.21. The molecule has 0 saturated heterocycles. The van der Waals surface area contributed by atoms with Crippen molar-refractivity contribution in [2.45, 2.75) is 39.4 Å². The van der Waals surface area contributed by atoms with Gasteiger partial charge in [0.25, 0.3) is 0 Å². The SMILES string of the molecule is CC([NH3+])N(C)C(C)(C)C.[Cl-]. The maximum absolute atomic E-state index is 3.93. The third kappa shape index (κ3) is 4.09. The maximum Gasteiger partial charge on any atom is 0.137 e. The molecule has 0 aliphatic rings. The molecule has 0 fully saturated rings. The van der Waals surface area contributed by atoms with Gasteiger partial charge >= 0.3 is 0 Å². The van der Waals surface area contributed by atoms with E-state index in [0.29, 0.717) is 6.17 Å². The largest absolute Gasteiger partial charge is 1.00 e. The summed E-state index contributed by atoms with van der Waals surface area (Å²) in [5.41, 5.74) is 4.18. The van der Waals surface area contributed by atoms with Gasteiger partial charge in [-0.1, -0.05) is 0 Å². The summed E-state index contributed by atoms with van der Waals surface area (Å²) in [5, 5.41) is 0. The molecule has 0 aromatic heterocycles. The van der Waals surface area contributed by atoms with E-state index in [1.807, 2.05) is 0 Å². The Morgan fingerprint density at radius 1 is 1.30 bits per heavy atom. The molecule has 0 rings (SSSR count). The Kier molecular flexibility index (Phi) is 5.35. The van der Waals surface area contributed by atoms with Crippen LogP contribution >= 0.6 is 0 Å². The lowest BCUT2D eigenvalue weighted by atomic mass is 10.1. The van der Waals surface area contributed by atoms with Crippen molar-refractivity contribution in [1.29, 1.82) is 0 Å². The highest BCUT2D eigenvalue weighted by atomic mass is 35.5. The second kappa shape index (κ2) is 4.16. The van der Waals surface area contributed by atoms with Gasteiger partial charge in [-0.15, -0.1) is 0 Å². The van der Waals surface area contributed by atoms with Crippen LogP contribution in [0.5, 0.6) is 0 Å². The maximum atomic E-state index is 3.93. The van der Waals surface area contributed by atoms with E-state index in [2.05, 4.69) is 45.4 Å². The van der Waals surface area contributed by atoms with Gasteiger partial charge < -0.3 is 18.1 Å². The first-order chi connectivity index (χ1) is 3.85. The van der Waals surface area contributed by atoms with Crippen LogP contribution in [0.25, 0.3) is 0 Å². The molecule has 0 aliphatic heterocycles. The fraction of sp³-hybridized carbons (Fsp3) is 1.00. The predicted octanol–water partition coefficient (Wildman–Crippen LogP) is -2.69. The summed E-state index contributed by atoms with van der Waals surface area (Å²) in [7, 11) is 2.09. The van der Waals surface area contributed by atoms with Gasteiger partial charge in [0.2, 0.25) is 0 Å². The first kappa shape index (κ1) is 12.8. The Bertz CT molecular complexity index is 86.1. The average molecular weight is 167 g/mol. The van der Waals surface area contributed by atoms with Crippen molar-refractivity contribution < 1.29 is 18.1 Å². The first-order valence-electron chi connectivity index (χ1n) is 3.41. The van der Waals surface area contributed by atoms with E-state index in [1.165, 1.54) is 0 Å². The van der Waals surface area contributed by atoms with Crippen LogP contribution in [0.15, 0.2) is 0 Å². The van der Waals surface area contributed by atoms with E-state index in [0.717, 1.165) is 0 Å². The van der Waals surface area contributed by atoms with Crippen LogP contribution in [-0.2, 0) is 0 Å². The molecule has 0 aromatic rings. The molecule has 0 heterocycles. The Hall–Kier alpha value is 0.210. The summed E-state index contributed by atoms with van der Waals surface area (Å²) < 4.78 is 0. The second-order valence-corrected chi connectivity index (χ2v) is 3.63. The summed E-state index contributed by atoms with van der Waals surface area (Å²) in [6.07, 6.45) is 0.394. The molecule has 0 aromatic carbocycles. The highest BCUT2D eigenvalue weighted by molar-refractivity contribution is 4.72. The Morgan fingerprint density at radius 3 is 1.60 bits per heavy atom. The van der Waals surface area contributed by atoms with Gasteiger partial charge in [0.1, 0.15) is 6.17 Å². The molecule has 3 N–H and O–H groups in total. The number of halogens is 1. The first-order valence-corrected chi connectivity index (χ1v) is 3.41. The molecule has 1 atom stereocenters. The van der Waals surface area contributed by atoms with Crippen LogP contribution in [0, 0.1) is 0 Å². The van der Waals surface area contributed by atoms with Gasteiger partial charge in [-0.3, -0.25) is 4.90 Å². The molecule has 2 nitrogen and oxygen atoms in total. The number of hydrogen-bond acceptors (Lipinski definition) is 1. The van der Waals surface area contributed by atoms with E-state index < -0.39 is 0 Å². The number of nitrogens with zero attached hydrogens (tertiary/aromatic N) is 1.